The molecule has 3 aromatic carbocycles. The average molecular weight is 589 g/mol. The van der Waals surface area contributed by atoms with Gasteiger partial charge < -0.3 is 30.5 Å². The van der Waals surface area contributed by atoms with E-state index in [1.165, 1.54) is 7.11 Å². The summed E-state index contributed by atoms with van der Waals surface area (Å²) in [4.78, 5) is 51.4. The number of aliphatic carboxylic acids is 1. The van der Waals surface area contributed by atoms with E-state index < -0.39 is 23.7 Å². The van der Waals surface area contributed by atoms with Crippen LogP contribution in [0, 0.1) is 6.92 Å². The Kier molecular flexibility index (Phi) is 10.8. The van der Waals surface area contributed by atoms with E-state index in [2.05, 4.69) is 20.9 Å². The highest BCUT2D eigenvalue weighted by Crippen LogP contribution is 2.27. The molecule has 0 aromatic heterocycles. The first-order valence-electron chi connectivity index (χ1n) is 14.0. The van der Waals surface area contributed by atoms with Gasteiger partial charge in [-0.15, -0.1) is 0 Å². The molecule has 0 saturated carbocycles. The van der Waals surface area contributed by atoms with Crippen molar-refractivity contribution in [2.45, 2.75) is 25.7 Å². The smallest absolute Gasteiger partial charge is 0.372 e. The van der Waals surface area contributed by atoms with Gasteiger partial charge in [0.1, 0.15) is 5.75 Å². The number of nitrogens with one attached hydrogen (secondary N) is 3. The third-order valence-corrected chi connectivity index (χ3v) is 7.23. The number of benzene rings is 3. The second-order valence-corrected chi connectivity index (χ2v) is 10.2. The molecule has 11 heteroatoms. The summed E-state index contributed by atoms with van der Waals surface area (Å²) in [5.41, 5.74) is 3.84. The summed E-state index contributed by atoms with van der Waals surface area (Å²) in [7, 11) is 1.48. The van der Waals surface area contributed by atoms with Crippen LogP contribution in [0.25, 0.3) is 0 Å². The molecule has 3 aromatic rings. The Morgan fingerprint density at radius 3 is 2.30 bits per heavy atom. The molecule has 4 rings (SSSR count). The lowest BCUT2D eigenvalue weighted by atomic mass is 9.91. The van der Waals surface area contributed by atoms with Crippen LogP contribution in [0.2, 0.25) is 0 Å². The lowest BCUT2D eigenvalue weighted by Crippen LogP contribution is -2.38. The zero-order valence-corrected chi connectivity index (χ0v) is 24.2. The maximum Gasteiger partial charge on any atom is 0.372 e. The lowest BCUT2D eigenvalue weighted by molar-refractivity contribution is -0.150. The van der Waals surface area contributed by atoms with Gasteiger partial charge in [0.2, 0.25) is 11.7 Å². The Bertz CT molecular complexity index is 1450. The summed E-state index contributed by atoms with van der Waals surface area (Å²) in [6.07, 6.45) is 0.421. The van der Waals surface area contributed by atoms with Crippen molar-refractivity contribution in [3.8, 4) is 5.75 Å². The monoisotopic (exact) mass is 588 g/mol. The number of ketones is 1. The van der Waals surface area contributed by atoms with Crippen LogP contribution in [0.1, 0.15) is 29.0 Å². The quantitative estimate of drug-likeness (QED) is 0.229. The molecule has 1 unspecified atom stereocenters. The molecule has 1 fully saturated rings. The molecule has 4 N–H and O–H groups in total. The minimum Gasteiger partial charge on any atom is -0.495 e. The van der Waals surface area contributed by atoms with Gasteiger partial charge in [-0.25, -0.2) is 9.59 Å². The SMILES string of the molecule is COc1cc(CC(=O)Nc2ccc(C(CCN3CCOCC3)C(=O)C(=O)O)cc2)ccc1NC(=O)Nc1ccccc1C. The van der Waals surface area contributed by atoms with Crippen molar-refractivity contribution in [2.24, 2.45) is 0 Å². The Balaban J connectivity index is 1.35. The minimum absolute atomic E-state index is 0.0491. The molecular formula is C32H36N4O7. The Labute approximate surface area is 250 Å². The Morgan fingerprint density at radius 2 is 1.63 bits per heavy atom. The van der Waals surface area contributed by atoms with Crippen molar-refractivity contribution in [2.75, 3.05) is 55.9 Å². The molecule has 1 atom stereocenters. The van der Waals surface area contributed by atoms with Crippen molar-refractivity contribution >= 4 is 40.8 Å². The van der Waals surface area contributed by atoms with E-state index in [1.54, 1.807) is 42.5 Å². The standard InChI is InChI=1S/C32H36N4O7/c1-21-5-3-4-6-26(21)34-32(41)35-27-12-7-22(19-28(27)42-2)20-29(37)33-24-10-8-23(9-11-24)25(30(38)31(39)40)13-14-36-15-17-43-18-16-36/h3-12,19,25H,13-18,20H2,1-2H3,(H,33,37)(H,39,40)(H2,34,35,41). The van der Waals surface area contributed by atoms with Gasteiger partial charge in [-0.05, 0) is 66.9 Å². The summed E-state index contributed by atoms with van der Waals surface area (Å²) < 4.78 is 10.8. The summed E-state index contributed by atoms with van der Waals surface area (Å²) in [5, 5.41) is 17.8. The number of para-hydroxylation sites is 1. The number of hydrogen-bond donors (Lipinski definition) is 4. The molecule has 0 radical (unpaired) electrons. The number of morpholine rings is 1. The highest BCUT2D eigenvalue weighted by atomic mass is 16.5. The zero-order chi connectivity index (χ0) is 30.8. The highest BCUT2D eigenvalue weighted by Gasteiger charge is 2.27. The third kappa shape index (κ3) is 8.87. The number of rotatable bonds is 12. The molecular weight excluding hydrogens is 552 g/mol. The number of hydrogen-bond acceptors (Lipinski definition) is 7. The first-order valence-corrected chi connectivity index (χ1v) is 14.0. The molecule has 0 bridgehead atoms. The third-order valence-electron chi connectivity index (χ3n) is 7.23. The summed E-state index contributed by atoms with van der Waals surface area (Å²) in [6, 6.07) is 18.8. The van der Waals surface area contributed by atoms with Crippen LogP contribution in [0.15, 0.2) is 66.7 Å². The normalized spacial score (nSPS) is 13.9. The van der Waals surface area contributed by atoms with Crippen LogP contribution in [0.3, 0.4) is 0 Å². The molecule has 226 valence electrons. The van der Waals surface area contributed by atoms with Gasteiger partial charge in [0.25, 0.3) is 0 Å². The van der Waals surface area contributed by atoms with Gasteiger partial charge >= 0.3 is 12.0 Å². The second-order valence-electron chi connectivity index (χ2n) is 10.2. The predicted molar refractivity (Wildman–Crippen MR) is 163 cm³/mol. The number of ether oxygens (including phenoxy) is 2. The summed E-state index contributed by atoms with van der Waals surface area (Å²) >= 11 is 0. The first kappa shape index (κ1) is 31.2. The van der Waals surface area contributed by atoms with E-state index >= 15 is 0 Å². The van der Waals surface area contributed by atoms with Crippen LogP contribution in [-0.2, 0) is 25.5 Å². The highest BCUT2D eigenvalue weighted by molar-refractivity contribution is 6.35. The number of nitrogens with zero attached hydrogens (tertiary/aromatic N) is 1. The van der Waals surface area contributed by atoms with Crippen LogP contribution >= 0.6 is 0 Å². The van der Waals surface area contributed by atoms with Gasteiger partial charge in [0, 0.05) is 24.5 Å². The van der Waals surface area contributed by atoms with Crippen molar-refractivity contribution in [1.29, 1.82) is 0 Å². The maximum atomic E-state index is 12.8. The number of amides is 3. The molecule has 0 spiro atoms. The fourth-order valence-corrected chi connectivity index (χ4v) is 4.86. The van der Waals surface area contributed by atoms with E-state index in [1.807, 2.05) is 31.2 Å². The molecule has 1 heterocycles. The molecule has 3 amide bonds. The Morgan fingerprint density at radius 1 is 0.930 bits per heavy atom. The summed E-state index contributed by atoms with van der Waals surface area (Å²) in [5.74, 6) is -2.99. The van der Waals surface area contributed by atoms with Gasteiger partial charge in [-0.3, -0.25) is 14.5 Å². The minimum atomic E-state index is -1.46. The largest absolute Gasteiger partial charge is 0.495 e. The predicted octanol–water partition coefficient (Wildman–Crippen LogP) is 4.29. The van der Waals surface area contributed by atoms with Crippen molar-refractivity contribution in [3.63, 3.8) is 0 Å². The van der Waals surface area contributed by atoms with Crippen LogP contribution < -0.4 is 20.7 Å². The molecule has 43 heavy (non-hydrogen) atoms. The number of Topliss-reactive ketones (excluding diaryl/α,β-unsaturated/α-hetero) is 1. The molecule has 1 aliphatic heterocycles. The van der Waals surface area contributed by atoms with E-state index in [0.717, 1.165) is 18.7 Å². The summed E-state index contributed by atoms with van der Waals surface area (Å²) in [6.45, 7) is 5.20. The number of carbonyl (C=O) groups excluding carboxylic acids is 3. The van der Waals surface area contributed by atoms with Crippen LogP contribution in [0.5, 0.6) is 5.75 Å². The molecule has 1 aliphatic rings. The Hall–Kier alpha value is -4.74. The van der Waals surface area contributed by atoms with Crippen LogP contribution in [-0.4, -0.2) is 73.7 Å². The van der Waals surface area contributed by atoms with Crippen molar-refractivity contribution in [1.82, 2.24) is 4.90 Å². The molecule has 0 aliphatic carbocycles. The average Bonchev–Trinajstić information content (AvgIpc) is 3.00. The lowest BCUT2D eigenvalue weighted by Gasteiger charge is -2.27. The van der Waals surface area contributed by atoms with Gasteiger partial charge in [0.05, 0.1) is 38.3 Å². The zero-order valence-electron chi connectivity index (χ0n) is 24.2. The number of carboxylic acids is 1. The molecule has 1 saturated heterocycles. The fourth-order valence-electron chi connectivity index (χ4n) is 4.86. The fraction of sp³-hybridized carbons (Fsp3) is 0.312. The topological polar surface area (TPSA) is 146 Å². The van der Waals surface area contributed by atoms with Crippen molar-refractivity contribution < 1.29 is 33.8 Å². The number of urea groups is 1. The van der Waals surface area contributed by atoms with Gasteiger partial charge in [0.15, 0.2) is 0 Å². The van der Waals surface area contributed by atoms with Crippen LogP contribution in [0.4, 0.5) is 21.9 Å². The number of carboxylic acid groups (broad SMARTS) is 1. The first-order chi connectivity index (χ1) is 20.7. The van der Waals surface area contributed by atoms with Crippen molar-refractivity contribution in [3.05, 3.63) is 83.4 Å². The molecule has 11 nitrogen and oxygen atoms in total. The van der Waals surface area contributed by atoms with E-state index in [9.17, 15) is 24.3 Å². The number of methoxy groups -OCH3 is 1. The van der Waals surface area contributed by atoms with Gasteiger partial charge in [-0.1, -0.05) is 36.4 Å². The van der Waals surface area contributed by atoms with Gasteiger partial charge in [-0.2, -0.15) is 0 Å². The number of aryl methyl sites for hydroxylation is 1. The maximum absolute atomic E-state index is 12.8. The van der Waals surface area contributed by atoms with E-state index in [0.29, 0.717) is 60.1 Å². The number of carbonyl (C=O) groups is 4. The number of anilines is 3. The van der Waals surface area contributed by atoms with E-state index in [4.69, 9.17) is 9.47 Å². The second kappa shape index (κ2) is 14.9. The van der Waals surface area contributed by atoms with E-state index in [-0.39, 0.29) is 12.3 Å².